The molecule has 0 amide bonds. The SMILES string of the molecule is CCC(NC)[C@H](O)[C@@H](O)[C@H](O)[C@H](O)CO. The Hall–Kier alpha value is -0.240. The van der Waals surface area contributed by atoms with Crippen LogP contribution in [-0.2, 0) is 0 Å². The second kappa shape index (κ2) is 7.10. The van der Waals surface area contributed by atoms with E-state index in [-0.39, 0.29) is 6.04 Å². The van der Waals surface area contributed by atoms with Crippen molar-refractivity contribution >= 4 is 0 Å². The molecule has 6 nitrogen and oxygen atoms in total. The lowest BCUT2D eigenvalue weighted by Gasteiger charge is -2.30. The van der Waals surface area contributed by atoms with Crippen LogP contribution in [0.2, 0.25) is 0 Å². The van der Waals surface area contributed by atoms with E-state index >= 15 is 0 Å². The maximum atomic E-state index is 9.63. The Bertz CT molecular complexity index is 165. The van der Waals surface area contributed by atoms with Crippen LogP contribution in [0, 0.1) is 0 Å². The van der Waals surface area contributed by atoms with Crippen LogP contribution in [-0.4, -0.2) is 69.6 Å². The van der Waals surface area contributed by atoms with E-state index in [0.29, 0.717) is 6.42 Å². The molecule has 5 atom stereocenters. The van der Waals surface area contributed by atoms with E-state index in [2.05, 4.69) is 5.32 Å². The van der Waals surface area contributed by atoms with Crippen LogP contribution >= 0.6 is 0 Å². The second-order valence-electron chi connectivity index (χ2n) is 3.53. The highest BCUT2D eigenvalue weighted by Crippen LogP contribution is 2.10. The minimum Gasteiger partial charge on any atom is -0.394 e. The molecule has 0 saturated heterocycles. The van der Waals surface area contributed by atoms with Gasteiger partial charge in [0.2, 0.25) is 0 Å². The molecule has 6 N–H and O–H groups in total. The maximum Gasteiger partial charge on any atom is 0.111 e. The van der Waals surface area contributed by atoms with E-state index in [1.165, 1.54) is 0 Å². The Morgan fingerprint density at radius 1 is 1.00 bits per heavy atom. The van der Waals surface area contributed by atoms with Crippen molar-refractivity contribution in [3.63, 3.8) is 0 Å². The molecule has 0 bridgehead atoms. The van der Waals surface area contributed by atoms with Gasteiger partial charge in [-0.25, -0.2) is 0 Å². The van der Waals surface area contributed by atoms with Gasteiger partial charge in [-0.3, -0.25) is 0 Å². The van der Waals surface area contributed by atoms with Gasteiger partial charge in [-0.2, -0.15) is 0 Å². The van der Waals surface area contributed by atoms with Crippen LogP contribution in [0.5, 0.6) is 0 Å². The van der Waals surface area contributed by atoms with E-state index < -0.39 is 31.0 Å². The topological polar surface area (TPSA) is 113 Å². The number of hydrogen-bond donors (Lipinski definition) is 6. The molecule has 0 aromatic carbocycles. The van der Waals surface area contributed by atoms with Crippen LogP contribution < -0.4 is 5.32 Å². The third-order valence-corrected chi connectivity index (χ3v) is 2.50. The summed E-state index contributed by atoms with van der Waals surface area (Å²) in [6, 6.07) is -0.374. The van der Waals surface area contributed by atoms with Gasteiger partial charge in [0, 0.05) is 6.04 Å². The lowest BCUT2D eigenvalue weighted by molar-refractivity contribution is -0.121. The molecule has 0 saturated carbocycles. The Morgan fingerprint density at radius 3 is 1.87 bits per heavy atom. The molecular formula is C9H21NO5. The highest BCUT2D eigenvalue weighted by atomic mass is 16.4. The van der Waals surface area contributed by atoms with Crippen LogP contribution in [0.25, 0.3) is 0 Å². The van der Waals surface area contributed by atoms with Crippen molar-refractivity contribution in [2.75, 3.05) is 13.7 Å². The predicted octanol–water partition coefficient (Wildman–Crippen LogP) is -2.58. The lowest BCUT2D eigenvalue weighted by atomic mass is 9.96. The molecule has 0 heterocycles. The summed E-state index contributed by atoms with van der Waals surface area (Å²) in [4.78, 5) is 0. The summed E-state index contributed by atoms with van der Waals surface area (Å²) >= 11 is 0. The fourth-order valence-electron chi connectivity index (χ4n) is 1.39. The Morgan fingerprint density at radius 2 is 1.53 bits per heavy atom. The van der Waals surface area contributed by atoms with Crippen molar-refractivity contribution in [2.24, 2.45) is 0 Å². The van der Waals surface area contributed by atoms with Gasteiger partial charge in [0.1, 0.15) is 18.3 Å². The molecule has 1 unspecified atom stereocenters. The normalized spacial score (nSPS) is 21.8. The van der Waals surface area contributed by atoms with E-state index in [1.54, 1.807) is 7.05 Å². The number of likely N-dealkylation sites (N-methyl/N-ethyl adjacent to an activating group) is 1. The predicted molar refractivity (Wildman–Crippen MR) is 54.3 cm³/mol. The second-order valence-corrected chi connectivity index (χ2v) is 3.53. The third-order valence-electron chi connectivity index (χ3n) is 2.50. The summed E-state index contributed by atoms with van der Waals surface area (Å²) in [5, 5.41) is 48.9. The first-order chi connectivity index (χ1) is 6.99. The molecule has 0 spiro atoms. The zero-order valence-electron chi connectivity index (χ0n) is 9.04. The highest BCUT2D eigenvalue weighted by Gasteiger charge is 2.33. The highest BCUT2D eigenvalue weighted by molar-refractivity contribution is 4.86. The van der Waals surface area contributed by atoms with E-state index in [1.807, 2.05) is 6.92 Å². The quantitative estimate of drug-likeness (QED) is 0.283. The van der Waals surface area contributed by atoms with E-state index in [0.717, 1.165) is 0 Å². The smallest absolute Gasteiger partial charge is 0.111 e. The van der Waals surface area contributed by atoms with Crippen molar-refractivity contribution < 1.29 is 25.5 Å². The summed E-state index contributed by atoms with van der Waals surface area (Å²) in [7, 11) is 1.62. The molecule has 0 aliphatic carbocycles. The average molecular weight is 223 g/mol. The standard InChI is InChI=1S/C9H21NO5/c1-3-5(10-2)7(13)9(15)8(14)6(12)4-11/h5-15H,3-4H2,1-2H3/t5?,6-,7+,8-,9-/m1/s1. The van der Waals surface area contributed by atoms with Gasteiger partial charge in [0.15, 0.2) is 0 Å². The zero-order valence-corrected chi connectivity index (χ0v) is 9.04. The molecule has 0 aliphatic rings. The molecule has 0 radical (unpaired) electrons. The zero-order chi connectivity index (χ0) is 12.0. The van der Waals surface area contributed by atoms with Gasteiger partial charge in [-0.05, 0) is 13.5 Å². The van der Waals surface area contributed by atoms with Crippen LogP contribution in [0.3, 0.4) is 0 Å². The number of rotatable bonds is 7. The number of aliphatic hydroxyl groups is 5. The minimum absolute atomic E-state index is 0.374. The van der Waals surface area contributed by atoms with E-state index in [4.69, 9.17) is 10.2 Å². The monoisotopic (exact) mass is 223 g/mol. The van der Waals surface area contributed by atoms with Crippen molar-refractivity contribution in [3.05, 3.63) is 0 Å². The number of nitrogens with one attached hydrogen (secondary N) is 1. The van der Waals surface area contributed by atoms with Crippen molar-refractivity contribution in [1.29, 1.82) is 0 Å². The van der Waals surface area contributed by atoms with Gasteiger partial charge in [0.25, 0.3) is 0 Å². The first-order valence-corrected chi connectivity index (χ1v) is 4.99. The summed E-state index contributed by atoms with van der Waals surface area (Å²) in [6.07, 6.45) is -5.14. The number of hydrogen-bond acceptors (Lipinski definition) is 6. The first-order valence-electron chi connectivity index (χ1n) is 4.99. The van der Waals surface area contributed by atoms with Gasteiger partial charge in [-0.15, -0.1) is 0 Å². The lowest BCUT2D eigenvalue weighted by Crippen LogP contribution is -2.52. The Balaban J connectivity index is 4.34. The van der Waals surface area contributed by atoms with Crippen molar-refractivity contribution in [3.8, 4) is 0 Å². The molecule has 0 rings (SSSR count). The maximum absolute atomic E-state index is 9.63. The van der Waals surface area contributed by atoms with Crippen LogP contribution in [0.4, 0.5) is 0 Å². The van der Waals surface area contributed by atoms with Gasteiger partial charge in [-0.1, -0.05) is 6.92 Å². The van der Waals surface area contributed by atoms with Gasteiger partial charge >= 0.3 is 0 Å². The van der Waals surface area contributed by atoms with Crippen molar-refractivity contribution in [1.82, 2.24) is 5.32 Å². The largest absolute Gasteiger partial charge is 0.394 e. The van der Waals surface area contributed by atoms with E-state index in [9.17, 15) is 15.3 Å². The number of aliphatic hydroxyl groups excluding tert-OH is 5. The molecule has 0 fully saturated rings. The summed E-state index contributed by atoms with van der Waals surface area (Å²) < 4.78 is 0. The fraction of sp³-hybridized carbons (Fsp3) is 1.00. The van der Waals surface area contributed by atoms with Crippen LogP contribution in [0.1, 0.15) is 13.3 Å². The third kappa shape index (κ3) is 4.02. The summed E-state index contributed by atoms with van der Waals surface area (Å²) in [6.45, 7) is 1.15. The molecule has 0 aliphatic heterocycles. The van der Waals surface area contributed by atoms with Crippen molar-refractivity contribution in [2.45, 2.75) is 43.8 Å². The molecule has 0 aromatic heterocycles. The molecule has 0 aromatic rings. The Labute approximate surface area is 89.2 Å². The minimum atomic E-state index is -1.56. The first kappa shape index (κ1) is 14.8. The molecule has 92 valence electrons. The average Bonchev–Trinajstić information content (AvgIpc) is 2.27. The molecule has 15 heavy (non-hydrogen) atoms. The molecule has 6 heteroatoms. The van der Waals surface area contributed by atoms with Gasteiger partial charge < -0.3 is 30.8 Å². The molecular weight excluding hydrogens is 202 g/mol. The van der Waals surface area contributed by atoms with Gasteiger partial charge in [0.05, 0.1) is 12.7 Å². The summed E-state index contributed by atoms with van der Waals surface area (Å²) in [5.74, 6) is 0. The fourth-order valence-corrected chi connectivity index (χ4v) is 1.39. The van der Waals surface area contributed by atoms with Crippen LogP contribution in [0.15, 0.2) is 0 Å². The summed E-state index contributed by atoms with van der Waals surface area (Å²) in [5.41, 5.74) is 0. The Kier molecular flexibility index (Phi) is 6.99.